The highest BCUT2D eigenvalue weighted by Gasteiger charge is 2.22. The van der Waals surface area contributed by atoms with Gasteiger partial charge in [0.15, 0.2) is 11.6 Å². The highest BCUT2D eigenvalue weighted by atomic mass is 15.0. The molecule has 20 aromatic rings. The van der Waals surface area contributed by atoms with Crippen LogP contribution < -0.4 is 0 Å². The topological polar surface area (TPSA) is 61.4 Å². The summed E-state index contributed by atoms with van der Waals surface area (Å²) in [6.45, 7) is 0. The van der Waals surface area contributed by atoms with Crippen LogP contribution in [0, 0.1) is 0 Å². The molecule has 0 aliphatic carbocycles. The first-order chi connectivity index (χ1) is 48.6. The van der Waals surface area contributed by atoms with Crippen LogP contribution in [0.2, 0.25) is 0 Å². The van der Waals surface area contributed by atoms with Crippen molar-refractivity contribution in [1.29, 1.82) is 0 Å². The van der Waals surface area contributed by atoms with E-state index in [1.807, 2.05) is 30.3 Å². The molecule has 6 heteroatoms. The fraction of sp³-hybridized carbons (Fsp3) is 0. The predicted octanol–water partition coefficient (Wildman–Crippen LogP) is 24.0. The summed E-state index contributed by atoms with van der Waals surface area (Å²) in [6, 6.07) is 123. The molecule has 0 amide bonds. The Kier molecular flexibility index (Phi) is 12.6. The summed E-state index contributed by atoms with van der Waals surface area (Å²) < 4.78 is 4.83. The van der Waals surface area contributed by atoms with E-state index >= 15 is 0 Å². The van der Waals surface area contributed by atoms with Gasteiger partial charge in [-0.3, -0.25) is 0 Å². The van der Waals surface area contributed by atoms with Crippen molar-refractivity contribution in [3.8, 4) is 90.3 Å². The summed E-state index contributed by atoms with van der Waals surface area (Å²) in [5.41, 5.74) is 18.5. The first kappa shape index (κ1) is 55.3. The summed E-state index contributed by atoms with van der Waals surface area (Å²) in [5.74, 6) is 1.37. The van der Waals surface area contributed by atoms with Gasteiger partial charge in [-0.05, 0) is 142 Å². The summed E-state index contributed by atoms with van der Waals surface area (Å²) in [6.07, 6.45) is 0. The van der Waals surface area contributed by atoms with Gasteiger partial charge in [-0.15, -0.1) is 0 Å². The average molecular weight is 1250 g/mol. The van der Waals surface area contributed by atoms with Crippen LogP contribution in [-0.2, 0) is 0 Å². The molecular weight excluding hydrogens is 1190 g/mol. The fourth-order valence-electron chi connectivity index (χ4n) is 15.6. The second-order valence-electron chi connectivity index (χ2n) is 25.6. The maximum Gasteiger partial charge on any atom is 0.160 e. The monoisotopic (exact) mass is 1240 g/mol. The van der Waals surface area contributed by atoms with Crippen LogP contribution in [0.5, 0.6) is 0 Å². The van der Waals surface area contributed by atoms with Crippen LogP contribution in [0.3, 0.4) is 0 Å². The zero-order valence-corrected chi connectivity index (χ0v) is 53.0. The summed E-state index contributed by atoms with van der Waals surface area (Å²) in [4.78, 5) is 20.9. The molecular formula is C92H56N6. The molecule has 0 radical (unpaired) electrons. The number of para-hydroxylation sites is 2. The second kappa shape index (κ2) is 22.2. The third kappa shape index (κ3) is 8.89. The fourth-order valence-corrected chi connectivity index (χ4v) is 15.6. The normalized spacial score (nSPS) is 11.9. The van der Waals surface area contributed by atoms with Crippen molar-refractivity contribution in [2.75, 3.05) is 0 Å². The van der Waals surface area contributed by atoms with E-state index in [0.717, 1.165) is 95.2 Å². The molecule has 0 saturated carbocycles. The van der Waals surface area contributed by atoms with Gasteiger partial charge in [0.2, 0.25) is 0 Å². The minimum Gasteiger partial charge on any atom is -0.309 e. The van der Waals surface area contributed by atoms with E-state index < -0.39 is 0 Å². The van der Waals surface area contributed by atoms with E-state index in [9.17, 15) is 0 Å². The van der Waals surface area contributed by atoms with E-state index in [2.05, 4.69) is 319 Å². The molecule has 454 valence electrons. The smallest absolute Gasteiger partial charge is 0.160 e. The Morgan fingerprint density at radius 2 is 0.582 bits per heavy atom. The molecule has 20 rings (SSSR count). The lowest BCUT2D eigenvalue weighted by Gasteiger charge is -2.15. The molecule has 16 aromatic carbocycles. The lowest BCUT2D eigenvalue weighted by molar-refractivity contribution is 1.16. The van der Waals surface area contributed by atoms with Gasteiger partial charge >= 0.3 is 0 Å². The molecule has 0 spiro atoms. The number of rotatable bonds is 9. The highest BCUT2D eigenvalue weighted by molar-refractivity contribution is 6.32. The van der Waals surface area contributed by atoms with Gasteiger partial charge in [-0.1, -0.05) is 273 Å². The molecule has 0 atom stereocenters. The Morgan fingerprint density at radius 1 is 0.184 bits per heavy atom. The lowest BCUT2D eigenvalue weighted by atomic mass is 9.89. The standard InChI is InChI=1S/C92H56N6/c1-4-20-59(21-5-1)79-55-80(94-91(93-79)63-22-6-2-7-23-63)61-41-44-67(45-42-61)97-83-33-16-14-31-76(83)90-74-47-48-75-78(54-65-26-11-13-30-70(65)88(75)72(74)50-52-85(90)97)58-35-38-60(39-36-58)81-56-82(96-92(95-81)64-24-8-3-9-25-64)66-27-18-28-68(53-66)98-84-34-17-15-32-77(84)89-73-46-43-62-40-37-57-19-10-12-29-69(57)87(62)71(73)49-51-86(89)98/h1-56H. The van der Waals surface area contributed by atoms with Gasteiger partial charge in [-0.2, -0.15) is 0 Å². The number of benzene rings is 16. The quantitative estimate of drug-likeness (QED) is 0.135. The zero-order valence-electron chi connectivity index (χ0n) is 53.0. The van der Waals surface area contributed by atoms with Gasteiger partial charge in [0, 0.05) is 66.3 Å². The van der Waals surface area contributed by atoms with Crippen LogP contribution >= 0.6 is 0 Å². The van der Waals surface area contributed by atoms with Gasteiger partial charge in [0.25, 0.3) is 0 Å². The maximum absolute atomic E-state index is 5.36. The maximum atomic E-state index is 5.36. The number of aromatic nitrogens is 6. The highest BCUT2D eigenvalue weighted by Crippen LogP contribution is 2.46. The number of fused-ring (bicyclic) bond motifs is 18. The van der Waals surface area contributed by atoms with Gasteiger partial charge in [-0.25, -0.2) is 19.9 Å². The molecule has 98 heavy (non-hydrogen) atoms. The van der Waals surface area contributed by atoms with Gasteiger partial charge < -0.3 is 9.13 Å². The van der Waals surface area contributed by atoms with Crippen LogP contribution in [0.1, 0.15) is 0 Å². The first-order valence-electron chi connectivity index (χ1n) is 33.4. The molecule has 0 N–H and O–H groups in total. The number of hydrogen-bond donors (Lipinski definition) is 0. The van der Waals surface area contributed by atoms with Gasteiger partial charge in [0.05, 0.1) is 44.8 Å². The number of hydrogen-bond acceptors (Lipinski definition) is 4. The third-order valence-corrected chi connectivity index (χ3v) is 20.1. The molecule has 0 fully saturated rings. The minimum absolute atomic E-state index is 0.674. The summed E-state index contributed by atoms with van der Waals surface area (Å²) in [5, 5.41) is 19.8. The Bertz CT molecular complexity index is 6580. The van der Waals surface area contributed by atoms with Crippen LogP contribution in [0.15, 0.2) is 340 Å². The van der Waals surface area contributed by atoms with Crippen molar-refractivity contribution in [2.45, 2.75) is 0 Å². The van der Waals surface area contributed by atoms with Crippen molar-refractivity contribution in [1.82, 2.24) is 29.1 Å². The van der Waals surface area contributed by atoms with E-state index in [1.54, 1.807) is 0 Å². The van der Waals surface area contributed by atoms with Crippen molar-refractivity contribution >= 4 is 108 Å². The van der Waals surface area contributed by atoms with E-state index in [-0.39, 0.29) is 0 Å². The third-order valence-electron chi connectivity index (χ3n) is 20.1. The molecule has 4 heterocycles. The van der Waals surface area contributed by atoms with Crippen molar-refractivity contribution < 1.29 is 0 Å². The zero-order chi connectivity index (χ0) is 64.4. The van der Waals surface area contributed by atoms with Crippen LogP contribution in [0.25, 0.3) is 199 Å². The van der Waals surface area contributed by atoms with E-state index in [0.29, 0.717) is 11.6 Å². The Hall–Kier alpha value is -13.2. The molecule has 0 bridgehead atoms. The molecule has 0 aliphatic rings. The summed E-state index contributed by atoms with van der Waals surface area (Å²) >= 11 is 0. The Labute approximate surface area is 563 Å². The van der Waals surface area contributed by atoms with Crippen molar-refractivity contribution in [2.24, 2.45) is 0 Å². The first-order valence-corrected chi connectivity index (χ1v) is 33.4. The van der Waals surface area contributed by atoms with Gasteiger partial charge in [0.1, 0.15) is 0 Å². The van der Waals surface area contributed by atoms with Crippen molar-refractivity contribution in [3.05, 3.63) is 340 Å². The Morgan fingerprint density at radius 3 is 1.18 bits per heavy atom. The number of nitrogens with zero attached hydrogens (tertiary/aromatic N) is 6. The summed E-state index contributed by atoms with van der Waals surface area (Å²) in [7, 11) is 0. The molecule has 0 saturated heterocycles. The van der Waals surface area contributed by atoms with Crippen LogP contribution in [-0.4, -0.2) is 29.1 Å². The molecule has 4 aromatic heterocycles. The SMILES string of the molecule is c1ccc(-c2cc(-c3ccc(-n4c5ccccc5c5c6ccc7c(-c8ccc(-c9cc(-c%10cccc(-n%11c%12ccccc%12c%12c%13ccc%14ccc%15ccccc%15c%14c%13ccc%12%11)c%10)nc(-c%10ccccc%10)n9)cc8)cc8ccccc8c7c6ccc54)cc3)nc(-c3ccccc3)n2)cc1. The van der Waals surface area contributed by atoms with E-state index in [4.69, 9.17) is 19.9 Å². The molecule has 0 unspecified atom stereocenters. The predicted molar refractivity (Wildman–Crippen MR) is 409 cm³/mol. The molecule has 6 nitrogen and oxygen atoms in total. The van der Waals surface area contributed by atoms with E-state index in [1.165, 1.54) is 91.7 Å². The van der Waals surface area contributed by atoms with Crippen molar-refractivity contribution in [3.63, 3.8) is 0 Å². The van der Waals surface area contributed by atoms with Crippen LogP contribution in [0.4, 0.5) is 0 Å². The molecule has 0 aliphatic heterocycles. The second-order valence-corrected chi connectivity index (χ2v) is 25.6. The lowest BCUT2D eigenvalue weighted by Crippen LogP contribution is -1.98. The minimum atomic E-state index is 0.674. The Balaban J connectivity index is 0.679. The largest absolute Gasteiger partial charge is 0.309 e. The average Bonchev–Trinajstić information content (AvgIpc) is 1.56.